The van der Waals surface area contributed by atoms with E-state index in [4.69, 9.17) is 45.6 Å². The molecule has 0 bridgehead atoms. The van der Waals surface area contributed by atoms with Crippen molar-refractivity contribution in [3.8, 4) is 11.6 Å². The van der Waals surface area contributed by atoms with Crippen LogP contribution in [0.3, 0.4) is 0 Å². The van der Waals surface area contributed by atoms with E-state index in [0.717, 1.165) is 5.56 Å². The maximum absolute atomic E-state index is 12.2. The van der Waals surface area contributed by atoms with Crippen LogP contribution in [-0.2, 0) is 0 Å². The lowest BCUT2D eigenvalue weighted by molar-refractivity contribution is 0.0990. The molecule has 0 radical (unpaired) electrons. The zero-order chi connectivity index (χ0) is 19.0. The predicted molar refractivity (Wildman–Crippen MR) is 101 cm³/mol. The summed E-state index contributed by atoms with van der Waals surface area (Å²) in [6, 6.07) is 4.99. The van der Waals surface area contributed by atoms with Gasteiger partial charge in [0.05, 0.1) is 16.1 Å². The van der Waals surface area contributed by atoms with E-state index in [1.807, 2.05) is 13.0 Å². The molecule has 2 heterocycles. The molecule has 0 saturated heterocycles. The van der Waals surface area contributed by atoms with Crippen molar-refractivity contribution in [1.29, 1.82) is 0 Å². The van der Waals surface area contributed by atoms with Crippen molar-refractivity contribution < 1.29 is 9.21 Å². The minimum absolute atomic E-state index is 0.144. The third kappa shape index (κ3) is 3.27. The molecule has 10 heteroatoms. The molecule has 0 aliphatic heterocycles. The third-order valence-electron chi connectivity index (χ3n) is 3.93. The maximum atomic E-state index is 12.2. The zero-order valence-electron chi connectivity index (χ0n) is 13.9. The van der Waals surface area contributed by atoms with E-state index in [-0.39, 0.29) is 17.6 Å². The van der Waals surface area contributed by atoms with Crippen molar-refractivity contribution in [2.75, 3.05) is 0 Å². The van der Waals surface area contributed by atoms with Crippen LogP contribution < -0.4 is 5.73 Å². The molecule has 7 nitrogen and oxygen atoms in total. The van der Waals surface area contributed by atoms with Crippen molar-refractivity contribution >= 4 is 41.3 Å². The Balaban J connectivity index is 2.22. The summed E-state index contributed by atoms with van der Waals surface area (Å²) in [4.78, 5) is 15.2. The molecule has 1 amide bonds. The summed E-state index contributed by atoms with van der Waals surface area (Å²) in [6.07, 6.45) is 0.632. The van der Waals surface area contributed by atoms with Crippen LogP contribution in [0.15, 0.2) is 22.6 Å². The summed E-state index contributed by atoms with van der Waals surface area (Å²) in [5, 5.41) is 8.59. The lowest BCUT2D eigenvalue weighted by atomic mass is 10.0. The molecule has 0 spiro atoms. The molecule has 0 fully saturated rings. The minimum atomic E-state index is -0.665. The van der Waals surface area contributed by atoms with Gasteiger partial charge in [-0.25, -0.2) is 0 Å². The number of imidazole rings is 1. The van der Waals surface area contributed by atoms with E-state index in [0.29, 0.717) is 32.8 Å². The average Bonchev–Trinajstić information content (AvgIpc) is 3.15. The number of aromatic nitrogens is 4. The fourth-order valence-corrected chi connectivity index (χ4v) is 3.45. The fourth-order valence-electron chi connectivity index (χ4n) is 2.83. The topological polar surface area (TPSA) is 103 Å². The molecule has 0 aliphatic carbocycles. The van der Waals surface area contributed by atoms with Crippen LogP contribution in [0.25, 0.3) is 11.6 Å². The van der Waals surface area contributed by atoms with Gasteiger partial charge in [-0.05, 0) is 36.3 Å². The van der Waals surface area contributed by atoms with E-state index < -0.39 is 5.91 Å². The molecule has 1 aromatic carbocycles. The maximum Gasteiger partial charge on any atom is 0.267 e. The number of hydrogen-bond donors (Lipinski definition) is 2. The summed E-state index contributed by atoms with van der Waals surface area (Å²) >= 11 is 17.6. The van der Waals surface area contributed by atoms with Crippen LogP contribution in [0, 0.1) is 11.7 Å². The van der Waals surface area contributed by atoms with Crippen molar-refractivity contribution in [2.45, 2.75) is 26.3 Å². The van der Waals surface area contributed by atoms with E-state index in [2.05, 4.69) is 15.2 Å². The Kier molecular flexibility index (Phi) is 5.17. The summed E-state index contributed by atoms with van der Waals surface area (Å²) in [5.74, 6) is -0.161. The highest BCUT2D eigenvalue weighted by molar-refractivity contribution is 7.71. The Morgan fingerprint density at radius 2 is 2.12 bits per heavy atom. The molecule has 136 valence electrons. The Morgan fingerprint density at radius 3 is 2.65 bits per heavy atom. The van der Waals surface area contributed by atoms with E-state index in [1.165, 1.54) is 0 Å². The number of nitrogens with zero attached hydrogens (tertiary/aromatic N) is 3. The fraction of sp³-hybridized carbons (Fsp3) is 0.250. The Morgan fingerprint density at radius 1 is 1.38 bits per heavy atom. The minimum Gasteiger partial charge on any atom is -0.420 e. The van der Waals surface area contributed by atoms with Gasteiger partial charge in [0.25, 0.3) is 11.8 Å². The van der Waals surface area contributed by atoms with Crippen LogP contribution in [0.5, 0.6) is 0 Å². The SMILES string of the molecule is CCC(c1ccc(Cl)c(Cl)c1)n1c(C(N)=O)c(-c2nnc(C)o2)[nH]c1=S. The van der Waals surface area contributed by atoms with Gasteiger partial charge < -0.3 is 19.7 Å². The average molecular weight is 412 g/mol. The molecule has 3 aromatic rings. The van der Waals surface area contributed by atoms with Crippen LogP contribution in [-0.4, -0.2) is 25.7 Å². The molecule has 0 saturated carbocycles. The number of aromatic amines is 1. The van der Waals surface area contributed by atoms with Gasteiger partial charge in [0.2, 0.25) is 5.89 Å². The first-order valence-electron chi connectivity index (χ1n) is 7.73. The number of carbonyl (C=O) groups is 1. The van der Waals surface area contributed by atoms with Gasteiger partial charge in [0.15, 0.2) is 4.77 Å². The van der Waals surface area contributed by atoms with Crippen LogP contribution in [0.2, 0.25) is 10.0 Å². The number of amides is 1. The lowest BCUT2D eigenvalue weighted by Gasteiger charge is -2.20. The van der Waals surface area contributed by atoms with Gasteiger partial charge in [-0.15, -0.1) is 10.2 Å². The summed E-state index contributed by atoms with van der Waals surface area (Å²) in [6.45, 7) is 3.61. The number of benzene rings is 1. The molecule has 3 rings (SSSR count). The first kappa shape index (κ1) is 18.6. The summed E-state index contributed by atoms with van der Waals surface area (Å²) < 4.78 is 7.38. The Hall–Kier alpha value is -2.16. The number of primary amides is 1. The highest BCUT2D eigenvalue weighted by Crippen LogP contribution is 2.32. The number of carbonyl (C=O) groups excluding carboxylic acids is 1. The van der Waals surface area contributed by atoms with Gasteiger partial charge >= 0.3 is 0 Å². The molecule has 2 aromatic heterocycles. The first-order chi connectivity index (χ1) is 12.3. The summed E-state index contributed by atoms with van der Waals surface area (Å²) in [7, 11) is 0. The summed E-state index contributed by atoms with van der Waals surface area (Å²) in [5.41, 5.74) is 6.93. The van der Waals surface area contributed by atoms with E-state index in [1.54, 1.807) is 23.6 Å². The lowest BCUT2D eigenvalue weighted by Crippen LogP contribution is -2.21. The van der Waals surface area contributed by atoms with Crippen molar-refractivity contribution in [2.24, 2.45) is 5.73 Å². The molecule has 3 N–H and O–H groups in total. The number of halogens is 2. The number of nitrogens with two attached hydrogens (primary N) is 1. The second-order valence-electron chi connectivity index (χ2n) is 5.61. The Labute approximate surface area is 164 Å². The van der Waals surface area contributed by atoms with Gasteiger partial charge in [-0.2, -0.15) is 0 Å². The van der Waals surface area contributed by atoms with E-state index >= 15 is 0 Å². The van der Waals surface area contributed by atoms with Crippen LogP contribution in [0.4, 0.5) is 0 Å². The van der Waals surface area contributed by atoms with Crippen molar-refractivity contribution in [3.63, 3.8) is 0 Å². The zero-order valence-corrected chi connectivity index (χ0v) is 16.2. The van der Waals surface area contributed by atoms with Crippen molar-refractivity contribution in [1.82, 2.24) is 19.7 Å². The number of aryl methyl sites for hydroxylation is 1. The molecular formula is C16H15Cl2N5O2S. The molecular weight excluding hydrogens is 397 g/mol. The largest absolute Gasteiger partial charge is 0.420 e. The number of hydrogen-bond acceptors (Lipinski definition) is 5. The van der Waals surface area contributed by atoms with Gasteiger partial charge in [0.1, 0.15) is 11.4 Å². The third-order valence-corrected chi connectivity index (χ3v) is 4.97. The number of H-pyrrole nitrogens is 1. The molecule has 26 heavy (non-hydrogen) atoms. The highest BCUT2D eigenvalue weighted by Gasteiger charge is 2.27. The van der Waals surface area contributed by atoms with Gasteiger partial charge in [-0.3, -0.25) is 4.79 Å². The second-order valence-corrected chi connectivity index (χ2v) is 6.81. The van der Waals surface area contributed by atoms with Crippen molar-refractivity contribution in [3.05, 3.63) is 50.2 Å². The highest BCUT2D eigenvalue weighted by atomic mass is 35.5. The monoisotopic (exact) mass is 411 g/mol. The Bertz CT molecular complexity index is 1040. The standard InChI is InChI=1S/C16H15Cl2N5O2S/c1-3-11(8-4-5-9(17)10(18)6-8)23-13(14(19)24)12(20-16(23)26)15-22-21-7(2)25-15/h4-6,11H,3H2,1-2H3,(H2,19,24)(H,20,26). The molecule has 1 atom stereocenters. The van der Waals surface area contributed by atoms with Crippen LogP contribution >= 0.6 is 35.4 Å². The second kappa shape index (κ2) is 7.22. The smallest absolute Gasteiger partial charge is 0.267 e. The van der Waals surface area contributed by atoms with Gasteiger partial charge in [-0.1, -0.05) is 36.2 Å². The quantitative estimate of drug-likeness (QED) is 0.608. The van der Waals surface area contributed by atoms with Crippen LogP contribution in [0.1, 0.15) is 41.3 Å². The molecule has 0 aliphatic rings. The predicted octanol–water partition coefficient (Wildman–Crippen LogP) is 4.31. The number of rotatable bonds is 5. The first-order valence-corrected chi connectivity index (χ1v) is 8.89. The normalized spacial score (nSPS) is 12.3. The number of nitrogens with one attached hydrogen (secondary N) is 1. The molecule has 1 unspecified atom stereocenters. The van der Waals surface area contributed by atoms with Gasteiger partial charge in [0, 0.05) is 6.92 Å². The van der Waals surface area contributed by atoms with E-state index in [9.17, 15) is 4.79 Å².